The first-order chi connectivity index (χ1) is 15.1. The van der Waals surface area contributed by atoms with Gasteiger partial charge in [-0.1, -0.05) is 24.3 Å². The zero-order valence-electron chi connectivity index (χ0n) is 17.0. The van der Waals surface area contributed by atoms with Crippen molar-refractivity contribution in [2.45, 2.75) is 38.1 Å². The van der Waals surface area contributed by atoms with Crippen molar-refractivity contribution in [3.63, 3.8) is 0 Å². The summed E-state index contributed by atoms with van der Waals surface area (Å²) in [5.41, 5.74) is 3.49. The molecular formula is C23H24N4O4. The van der Waals surface area contributed by atoms with Gasteiger partial charge in [0.1, 0.15) is 17.9 Å². The molecule has 8 heteroatoms. The number of rotatable bonds is 6. The lowest BCUT2D eigenvalue weighted by Crippen LogP contribution is -2.52. The molecule has 2 saturated heterocycles. The van der Waals surface area contributed by atoms with Gasteiger partial charge in [0.25, 0.3) is 5.91 Å². The molecule has 2 aromatic carbocycles. The lowest BCUT2D eigenvalue weighted by Gasteiger charge is -2.29. The van der Waals surface area contributed by atoms with Crippen molar-refractivity contribution in [1.82, 2.24) is 15.5 Å². The molecule has 2 aromatic rings. The van der Waals surface area contributed by atoms with E-state index < -0.39 is 11.9 Å². The van der Waals surface area contributed by atoms with Crippen LogP contribution in [0.5, 0.6) is 5.75 Å². The summed E-state index contributed by atoms with van der Waals surface area (Å²) < 4.78 is 6.02. The van der Waals surface area contributed by atoms with Crippen LogP contribution in [0.3, 0.4) is 0 Å². The molecule has 0 bridgehead atoms. The molecule has 3 amide bonds. The molecule has 1 unspecified atom stereocenters. The average molecular weight is 420 g/mol. The largest absolute Gasteiger partial charge is 0.486 e. The molecule has 3 heterocycles. The fourth-order valence-corrected chi connectivity index (χ4v) is 4.18. The van der Waals surface area contributed by atoms with Crippen molar-refractivity contribution < 1.29 is 19.1 Å². The number of anilines is 1. The topological polar surface area (TPSA) is 99.8 Å². The van der Waals surface area contributed by atoms with Crippen molar-refractivity contribution in [2.75, 3.05) is 18.4 Å². The van der Waals surface area contributed by atoms with Crippen LogP contribution in [0.1, 0.15) is 34.3 Å². The highest BCUT2D eigenvalue weighted by molar-refractivity contribution is 6.05. The highest BCUT2D eigenvalue weighted by Crippen LogP contribution is 2.29. The van der Waals surface area contributed by atoms with Crippen LogP contribution >= 0.6 is 0 Å². The van der Waals surface area contributed by atoms with Gasteiger partial charge in [-0.05, 0) is 35.7 Å². The van der Waals surface area contributed by atoms with Gasteiger partial charge in [0.05, 0.1) is 5.69 Å². The second-order valence-corrected chi connectivity index (χ2v) is 8.14. The monoisotopic (exact) mass is 420 g/mol. The lowest BCUT2D eigenvalue weighted by molar-refractivity contribution is -0.136. The van der Waals surface area contributed by atoms with Crippen LogP contribution in [0.4, 0.5) is 5.69 Å². The molecule has 3 N–H and O–H groups in total. The average Bonchev–Trinajstić information content (AvgIpc) is 3.05. The van der Waals surface area contributed by atoms with Crippen LogP contribution in [0.15, 0.2) is 42.5 Å². The van der Waals surface area contributed by atoms with Gasteiger partial charge in [-0.15, -0.1) is 0 Å². The van der Waals surface area contributed by atoms with Crippen LogP contribution in [0.25, 0.3) is 0 Å². The van der Waals surface area contributed by atoms with Crippen LogP contribution in [0.2, 0.25) is 0 Å². The zero-order valence-corrected chi connectivity index (χ0v) is 17.0. The fraction of sp³-hybridized carbons (Fsp3) is 0.348. The van der Waals surface area contributed by atoms with E-state index in [9.17, 15) is 14.4 Å². The van der Waals surface area contributed by atoms with Crippen LogP contribution in [0, 0.1) is 0 Å². The fourth-order valence-electron chi connectivity index (χ4n) is 4.18. The number of nitrogens with one attached hydrogen (secondary N) is 3. The number of fused-ring (bicyclic) bond motifs is 1. The molecule has 0 radical (unpaired) electrons. The van der Waals surface area contributed by atoms with E-state index in [1.54, 1.807) is 4.90 Å². The van der Waals surface area contributed by atoms with Gasteiger partial charge < -0.3 is 20.3 Å². The quantitative estimate of drug-likeness (QED) is 0.611. The Morgan fingerprint density at radius 3 is 2.71 bits per heavy atom. The van der Waals surface area contributed by atoms with E-state index in [1.807, 2.05) is 42.5 Å². The molecule has 0 aliphatic carbocycles. The summed E-state index contributed by atoms with van der Waals surface area (Å²) in [6.45, 7) is 2.68. The smallest absolute Gasteiger partial charge is 0.255 e. The Hall–Kier alpha value is -3.39. The third kappa shape index (κ3) is 3.86. The number of hydrogen-bond donors (Lipinski definition) is 3. The van der Waals surface area contributed by atoms with Crippen LogP contribution in [-0.2, 0) is 22.7 Å². The minimum Gasteiger partial charge on any atom is -0.486 e. The number of nitrogens with zero attached hydrogens (tertiary/aromatic N) is 1. The zero-order chi connectivity index (χ0) is 21.4. The number of hydrogen-bond acceptors (Lipinski definition) is 6. The summed E-state index contributed by atoms with van der Waals surface area (Å²) in [5.74, 6) is 0.000372. The van der Waals surface area contributed by atoms with Crippen molar-refractivity contribution in [1.29, 1.82) is 0 Å². The molecule has 1 atom stereocenters. The number of ether oxygens (including phenoxy) is 1. The Morgan fingerprint density at radius 1 is 1.10 bits per heavy atom. The van der Waals surface area contributed by atoms with E-state index in [0.29, 0.717) is 25.1 Å². The van der Waals surface area contributed by atoms with Crippen LogP contribution in [-0.4, -0.2) is 47.9 Å². The summed E-state index contributed by atoms with van der Waals surface area (Å²) in [6, 6.07) is 13.0. The standard InChI is InChI=1S/C23H24N4O4/c28-21-8-7-19(22(29)26-21)27-13-15-9-14(5-6-17(15)23(27)30)10-25-18-3-1-2-4-20(18)31-16-11-24-12-16/h1-6,9,16,19,24-25H,7-8,10-13H2,(H,26,28,29). The number of piperidine rings is 1. The number of imide groups is 1. The van der Waals surface area contributed by atoms with Crippen LogP contribution < -0.4 is 20.7 Å². The molecule has 8 nitrogen and oxygen atoms in total. The van der Waals surface area contributed by atoms with E-state index in [1.165, 1.54) is 0 Å². The number of para-hydroxylation sites is 2. The third-order valence-corrected chi connectivity index (χ3v) is 6.00. The van der Waals surface area contributed by atoms with Gasteiger partial charge in [0.15, 0.2) is 0 Å². The molecule has 0 aromatic heterocycles. The Kier molecular flexibility index (Phi) is 5.07. The van der Waals surface area contributed by atoms with Crippen molar-refractivity contribution in [3.05, 3.63) is 59.2 Å². The number of carbonyl (C=O) groups excluding carboxylic acids is 3. The lowest BCUT2D eigenvalue weighted by atomic mass is 10.0. The highest BCUT2D eigenvalue weighted by Gasteiger charge is 2.39. The first kappa shape index (κ1) is 19.6. The Labute approximate surface area is 179 Å². The van der Waals surface area contributed by atoms with E-state index in [2.05, 4.69) is 16.0 Å². The first-order valence-electron chi connectivity index (χ1n) is 10.6. The summed E-state index contributed by atoms with van der Waals surface area (Å²) in [7, 11) is 0. The molecule has 0 spiro atoms. The van der Waals surface area contributed by atoms with Gasteiger partial charge in [0.2, 0.25) is 11.8 Å². The van der Waals surface area contributed by atoms with E-state index in [-0.39, 0.29) is 24.3 Å². The summed E-state index contributed by atoms with van der Waals surface area (Å²) in [5, 5.41) is 8.96. The predicted octanol–water partition coefficient (Wildman–Crippen LogP) is 1.41. The molecule has 2 fully saturated rings. The van der Waals surface area contributed by atoms with Gasteiger partial charge in [-0.25, -0.2) is 0 Å². The summed E-state index contributed by atoms with van der Waals surface area (Å²) in [4.78, 5) is 38.0. The van der Waals surface area contributed by atoms with Gasteiger partial charge in [-0.3, -0.25) is 19.7 Å². The van der Waals surface area contributed by atoms with E-state index >= 15 is 0 Å². The van der Waals surface area contributed by atoms with Crippen molar-refractivity contribution in [3.8, 4) is 5.75 Å². The number of amides is 3. The third-order valence-electron chi connectivity index (χ3n) is 6.00. The second kappa shape index (κ2) is 8.03. The predicted molar refractivity (Wildman–Crippen MR) is 114 cm³/mol. The summed E-state index contributed by atoms with van der Waals surface area (Å²) in [6.07, 6.45) is 0.822. The molecule has 0 saturated carbocycles. The normalized spacial score (nSPS) is 20.8. The maximum atomic E-state index is 12.8. The summed E-state index contributed by atoms with van der Waals surface area (Å²) >= 11 is 0. The maximum Gasteiger partial charge on any atom is 0.255 e. The number of carbonyl (C=O) groups is 3. The Balaban J connectivity index is 1.27. The van der Waals surface area contributed by atoms with Crippen molar-refractivity contribution in [2.24, 2.45) is 0 Å². The minimum absolute atomic E-state index is 0.156. The maximum absolute atomic E-state index is 12.8. The Morgan fingerprint density at radius 2 is 1.94 bits per heavy atom. The van der Waals surface area contributed by atoms with E-state index in [4.69, 9.17) is 4.74 Å². The second-order valence-electron chi connectivity index (χ2n) is 8.14. The number of benzene rings is 2. The molecule has 3 aliphatic heterocycles. The first-order valence-corrected chi connectivity index (χ1v) is 10.6. The van der Waals surface area contributed by atoms with E-state index in [0.717, 1.165) is 35.7 Å². The molecule has 5 rings (SSSR count). The molecular weight excluding hydrogens is 396 g/mol. The SMILES string of the molecule is O=C1CCC(N2Cc3cc(CNc4ccccc4OC4CNC4)ccc3C2=O)C(=O)N1. The van der Waals surface area contributed by atoms with Gasteiger partial charge in [-0.2, -0.15) is 0 Å². The molecule has 160 valence electrons. The van der Waals surface area contributed by atoms with Crippen molar-refractivity contribution >= 4 is 23.4 Å². The molecule has 31 heavy (non-hydrogen) atoms. The van der Waals surface area contributed by atoms with Gasteiger partial charge in [0, 0.05) is 38.2 Å². The molecule has 3 aliphatic rings. The Bertz CT molecular complexity index is 1050. The van der Waals surface area contributed by atoms with Gasteiger partial charge >= 0.3 is 0 Å². The minimum atomic E-state index is -0.593. The highest BCUT2D eigenvalue weighted by atomic mass is 16.5.